The fourth-order valence-corrected chi connectivity index (χ4v) is 1.74. The standard InChI is InChI=1S/C12H17Cl2N/c1-3-4-5-8-15(2)10-6-7-11(13)12(14)9-10/h6-7,9H,3-5,8H2,1-2H3. The molecule has 0 heterocycles. The third kappa shape index (κ3) is 3.92. The van der Waals surface area contributed by atoms with Crippen LogP contribution in [0, 0.1) is 0 Å². The monoisotopic (exact) mass is 245 g/mol. The highest BCUT2D eigenvalue weighted by Gasteiger charge is 2.03. The van der Waals surface area contributed by atoms with Crippen LogP contribution >= 0.6 is 23.2 Å². The SMILES string of the molecule is CCCCCN(C)c1ccc(Cl)c(Cl)c1. The Hall–Kier alpha value is -0.400. The van der Waals surface area contributed by atoms with Crippen molar-refractivity contribution in [1.29, 1.82) is 0 Å². The number of anilines is 1. The summed E-state index contributed by atoms with van der Waals surface area (Å²) in [6, 6.07) is 5.76. The van der Waals surface area contributed by atoms with Gasteiger partial charge in [0.2, 0.25) is 0 Å². The first kappa shape index (κ1) is 12.7. The molecule has 0 saturated carbocycles. The lowest BCUT2D eigenvalue weighted by molar-refractivity contribution is 0.705. The van der Waals surface area contributed by atoms with E-state index in [9.17, 15) is 0 Å². The molecule has 0 amide bonds. The molecule has 0 N–H and O–H groups in total. The maximum Gasteiger partial charge on any atom is 0.0612 e. The van der Waals surface area contributed by atoms with Crippen LogP contribution in [0.3, 0.4) is 0 Å². The van der Waals surface area contributed by atoms with Crippen LogP contribution in [0.4, 0.5) is 5.69 Å². The van der Waals surface area contributed by atoms with Gasteiger partial charge in [-0.3, -0.25) is 0 Å². The molecule has 0 atom stereocenters. The molecule has 0 fully saturated rings. The van der Waals surface area contributed by atoms with Gasteiger partial charge in [0.1, 0.15) is 0 Å². The third-order valence-electron chi connectivity index (χ3n) is 2.44. The maximum atomic E-state index is 5.96. The van der Waals surface area contributed by atoms with Crippen molar-refractivity contribution in [2.24, 2.45) is 0 Å². The highest BCUT2D eigenvalue weighted by molar-refractivity contribution is 6.42. The molecule has 15 heavy (non-hydrogen) atoms. The Kier molecular flexibility index (Phi) is 5.27. The van der Waals surface area contributed by atoms with Crippen molar-refractivity contribution in [2.45, 2.75) is 26.2 Å². The van der Waals surface area contributed by atoms with Gasteiger partial charge in [-0.25, -0.2) is 0 Å². The second kappa shape index (κ2) is 6.24. The van der Waals surface area contributed by atoms with Gasteiger partial charge in [0, 0.05) is 19.3 Å². The molecule has 0 unspecified atom stereocenters. The predicted molar refractivity (Wildman–Crippen MR) is 69.3 cm³/mol. The largest absolute Gasteiger partial charge is 0.375 e. The Morgan fingerprint density at radius 2 is 1.87 bits per heavy atom. The molecule has 1 nitrogen and oxygen atoms in total. The van der Waals surface area contributed by atoms with Gasteiger partial charge in [-0.05, 0) is 24.6 Å². The van der Waals surface area contributed by atoms with E-state index in [0.717, 1.165) is 12.2 Å². The van der Waals surface area contributed by atoms with E-state index in [1.807, 2.05) is 18.2 Å². The second-order valence-corrected chi connectivity index (χ2v) is 4.54. The van der Waals surface area contributed by atoms with Crippen molar-refractivity contribution in [3.05, 3.63) is 28.2 Å². The maximum absolute atomic E-state index is 5.96. The summed E-state index contributed by atoms with van der Waals surface area (Å²) in [6.07, 6.45) is 3.73. The van der Waals surface area contributed by atoms with Crippen molar-refractivity contribution < 1.29 is 0 Å². The van der Waals surface area contributed by atoms with E-state index in [-0.39, 0.29) is 0 Å². The molecule has 0 aliphatic rings. The molecule has 0 aliphatic carbocycles. The highest BCUT2D eigenvalue weighted by Crippen LogP contribution is 2.26. The Morgan fingerprint density at radius 3 is 2.47 bits per heavy atom. The molecular formula is C12H17Cl2N. The summed E-state index contributed by atoms with van der Waals surface area (Å²) in [7, 11) is 2.08. The minimum Gasteiger partial charge on any atom is -0.375 e. The number of nitrogens with zero attached hydrogens (tertiary/aromatic N) is 1. The van der Waals surface area contributed by atoms with Crippen molar-refractivity contribution in [2.75, 3.05) is 18.5 Å². The van der Waals surface area contributed by atoms with E-state index in [4.69, 9.17) is 23.2 Å². The van der Waals surface area contributed by atoms with Gasteiger partial charge in [0.15, 0.2) is 0 Å². The molecule has 3 heteroatoms. The van der Waals surface area contributed by atoms with E-state index in [1.165, 1.54) is 19.3 Å². The molecule has 0 radical (unpaired) electrons. The van der Waals surface area contributed by atoms with Gasteiger partial charge in [-0.1, -0.05) is 43.0 Å². The summed E-state index contributed by atoms with van der Waals surface area (Å²) in [5.74, 6) is 0. The van der Waals surface area contributed by atoms with E-state index in [1.54, 1.807) is 0 Å². The topological polar surface area (TPSA) is 3.24 Å². The molecular weight excluding hydrogens is 229 g/mol. The van der Waals surface area contributed by atoms with Crippen molar-refractivity contribution >= 4 is 28.9 Å². The fraction of sp³-hybridized carbons (Fsp3) is 0.500. The van der Waals surface area contributed by atoms with Crippen LogP contribution < -0.4 is 4.90 Å². The molecule has 0 aromatic heterocycles. The second-order valence-electron chi connectivity index (χ2n) is 3.73. The number of rotatable bonds is 5. The van der Waals surface area contributed by atoms with Crippen LogP contribution in [0.5, 0.6) is 0 Å². The summed E-state index contributed by atoms with van der Waals surface area (Å²) in [5, 5.41) is 1.24. The molecule has 1 aromatic carbocycles. The van der Waals surface area contributed by atoms with Crippen molar-refractivity contribution in [3.63, 3.8) is 0 Å². The lowest BCUT2D eigenvalue weighted by atomic mass is 10.2. The normalized spacial score (nSPS) is 10.4. The van der Waals surface area contributed by atoms with Crippen LogP contribution in [-0.4, -0.2) is 13.6 Å². The first-order chi connectivity index (χ1) is 7.15. The van der Waals surface area contributed by atoms with Crippen LogP contribution in [0.25, 0.3) is 0 Å². The summed E-state index contributed by atoms with van der Waals surface area (Å²) in [6.45, 7) is 3.27. The van der Waals surface area contributed by atoms with E-state index >= 15 is 0 Å². The van der Waals surface area contributed by atoms with Gasteiger partial charge in [-0.2, -0.15) is 0 Å². The molecule has 1 aromatic rings. The van der Waals surface area contributed by atoms with Crippen molar-refractivity contribution in [1.82, 2.24) is 0 Å². The summed E-state index contributed by atoms with van der Waals surface area (Å²) in [4.78, 5) is 2.21. The van der Waals surface area contributed by atoms with Crippen molar-refractivity contribution in [3.8, 4) is 0 Å². The van der Waals surface area contributed by atoms with Crippen LogP contribution in [0.2, 0.25) is 10.0 Å². The predicted octanol–water partition coefficient (Wildman–Crippen LogP) is 4.62. The van der Waals surface area contributed by atoms with E-state index in [0.29, 0.717) is 10.0 Å². The molecule has 1 rings (SSSR count). The quantitative estimate of drug-likeness (QED) is 0.685. The minimum absolute atomic E-state index is 0.613. The van der Waals surface area contributed by atoms with Crippen LogP contribution in [-0.2, 0) is 0 Å². The van der Waals surface area contributed by atoms with Gasteiger partial charge in [-0.15, -0.1) is 0 Å². The number of unbranched alkanes of at least 4 members (excludes halogenated alkanes) is 2. The Morgan fingerprint density at radius 1 is 1.13 bits per heavy atom. The zero-order chi connectivity index (χ0) is 11.3. The molecule has 0 aliphatic heterocycles. The van der Waals surface area contributed by atoms with Gasteiger partial charge < -0.3 is 4.90 Å². The zero-order valence-electron chi connectivity index (χ0n) is 9.26. The molecule has 84 valence electrons. The average Bonchev–Trinajstić information content (AvgIpc) is 2.22. The first-order valence-corrected chi connectivity index (χ1v) is 6.07. The number of hydrogen-bond donors (Lipinski definition) is 0. The lowest BCUT2D eigenvalue weighted by Gasteiger charge is -2.19. The van der Waals surface area contributed by atoms with E-state index in [2.05, 4.69) is 18.9 Å². The van der Waals surface area contributed by atoms with Gasteiger partial charge in [0.25, 0.3) is 0 Å². The number of hydrogen-bond acceptors (Lipinski definition) is 1. The average molecular weight is 246 g/mol. The van der Waals surface area contributed by atoms with Crippen LogP contribution in [0.1, 0.15) is 26.2 Å². The summed E-state index contributed by atoms with van der Waals surface area (Å²) >= 11 is 11.8. The number of halogens is 2. The molecule has 0 spiro atoms. The zero-order valence-corrected chi connectivity index (χ0v) is 10.8. The lowest BCUT2D eigenvalue weighted by Crippen LogP contribution is -2.18. The first-order valence-electron chi connectivity index (χ1n) is 5.31. The number of benzene rings is 1. The van der Waals surface area contributed by atoms with E-state index < -0.39 is 0 Å². The van der Waals surface area contributed by atoms with Gasteiger partial charge in [0.05, 0.1) is 10.0 Å². The van der Waals surface area contributed by atoms with Gasteiger partial charge >= 0.3 is 0 Å². The summed E-state index contributed by atoms with van der Waals surface area (Å²) in [5.41, 5.74) is 1.13. The molecule has 0 saturated heterocycles. The smallest absolute Gasteiger partial charge is 0.0612 e. The van der Waals surface area contributed by atoms with Crippen LogP contribution in [0.15, 0.2) is 18.2 Å². The summed E-state index contributed by atoms with van der Waals surface area (Å²) < 4.78 is 0. The minimum atomic E-state index is 0.613. The Balaban J connectivity index is 2.57. The Labute approximate surface area is 102 Å². The highest BCUT2D eigenvalue weighted by atomic mass is 35.5. The fourth-order valence-electron chi connectivity index (χ4n) is 1.45. The Bertz CT molecular complexity index is 312. The third-order valence-corrected chi connectivity index (χ3v) is 3.18. The molecule has 0 bridgehead atoms.